The molecule has 2 amide bonds. The van der Waals surface area contributed by atoms with Crippen LogP contribution in [0.15, 0.2) is 57.5 Å². The second kappa shape index (κ2) is 24.3. The smallest absolute Gasteiger partial charge is 0.306 e. The number of hydrogen-bond acceptors (Lipinski definition) is 14. The Bertz CT molecular complexity index is 2060. The Kier molecular flexibility index (Phi) is 19.3. The van der Waals surface area contributed by atoms with Crippen LogP contribution in [0.3, 0.4) is 0 Å². The molecule has 334 valence electrons. The summed E-state index contributed by atoms with van der Waals surface area (Å²) in [5.74, 6) is -2.52. The van der Waals surface area contributed by atoms with Gasteiger partial charge in [-0.3, -0.25) is 19.2 Å². The largest absolute Gasteiger partial charge is 0.481 e. The molecule has 2 heterocycles. The van der Waals surface area contributed by atoms with Gasteiger partial charge in [-0.1, -0.05) is 36.4 Å². The number of nitrogens with two attached hydrogens (primary N) is 2. The third kappa shape index (κ3) is 15.5. The molecule has 0 saturated carbocycles. The molecule has 62 heavy (non-hydrogen) atoms. The van der Waals surface area contributed by atoms with Crippen LogP contribution in [-0.2, 0) is 45.5 Å². The number of primary amides is 2. The van der Waals surface area contributed by atoms with Crippen molar-refractivity contribution in [3.05, 3.63) is 90.9 Å². The van der Waals surface area contributed by atoms with Gasteiger partial charge in [0.1, 0.15) is 13.2 Å². The second-order valence-corrected chi connectivity index (χ2v) is 15.8. The Hall–Kier alpha value is -5.38. The first-order valence-corrected chi connectivity index (χ1v) is 21.0. The van der Waals surface area contributed by atoms with Gasteiger partial charge in [-0.25, -0.2) is 0 Å². The SMILES string of the molecule is Cc1c(COc2nc(OCCC(N)=O)c(CNC[C@@H](O)CC(=O)O)cc2Br)cccc1-c1cccc(COc2nc(OCCC(N)=O)c(CNC[C@@H](O)CC(=O)O)cc2Br)c1C. The van der Waals surface area contributed by atoms with E-state index in [9.17, 15) is 29.4 Å². The van der Waals surface area contributed by atoms with Gasteiger partial charge in [-0.2, -0.15) is 9.97 Å². The van der Waals surface area contributed by atoms with Gasteiger partial charge in [0.25, 0.3) is 0 Å². The number of hydrogen-bond donors (Lipinski definition) is 8. The van der Waals surface area contributed by atoms with Crippen LogP contribution in [0.4, 0.5) is 0 Å². The molecule has 0 bridgehead atoms. The summed E-state index contributed by atoms with van der Waals surface area (Å²) in [5, 5.41) is 43.8. The van der Waals surface area contributed by atoms with E-state index in [1.54, 1.807) is 12.1 Å². The summed E-state index contributed by atoms with van der Waals surface area (Å²) >= 11 is 7.05. The van der Waals surface area contributed by atoms with Gasteiger partial charge in [-0.15, -0.1) is 0 Å². The molecule has 2 aromatic heterocycles. The Morgan fingerprint density at radius 2 is 1.02 bits per heavy atom. The van der Waals surface area contributed by atoms with E-state index >= 15 is 0 Å². The van der Waals surface area contributed by atoms with Crippen molar-refractivity contribution in [1.82, 2.24) is 20.6 Å². The number of aliphatic hydroxyl groups excluding tert-OH is 2. The third-order valence-electron chi connectivity index (χ3n) is 9.26. The third-order valence-corrected chi connectivity index (χ3v) is 10.4. The number of carboxylic acids is 2. The predicted octanol–water partition coefficient (Wildman–Crippen LogP) is 3.80. The molecule has 0 saturated heterocycles. The summed E-state index contributed by atoms with van der Waals surface area (Å²) in [4.78, 5) is 53.7. The Balaban J connectivity index is 1.50. The van der Waals surface area contributed by atoms with Gasteiger partial charge in [0.05, 0.1) is 60.1 Å². The van der Waals surface area contributed by atoms with Crippen molar-refractivity contribution < 1.29 is 58.6 Å². The van der Waals surface area contributed by atoms with E-state index in [-0.39, 0.29) is 89.0 Å². The number of aliphatic carboxylic acids is 2. The lowest BCUT2D eigenvalue weighted by atomic mass is 9.92. The maximum Gasteiger partial charge on any atom is 0.306 e. The van der Waals surface area contributed by atoms with Gasteiger partial charge in [-0.05, 0) is 91.2 Å². The minimum atomic E-state index is -1.12. The van der Waals surface area contributed by atoms with Gasteiger partial charge in [0, 0.05) is 37.3 Å². The summed E-state index contributed by atoms with van der Waals surface area (Å²) in [6, 6.07) is 15.3. The molecule has 0 aliphatic heterocycles. The molecule has 20 heteroatoms. The molecule has 2 aromatic carbocycles. The van der Waals surface area contributed by atoms with Crippen molar-refractivity contribution >= 4 is 55.6 Å². The standard InChI is InChI=1S/C42H50Br2N6O12/c1-23-25(21-61-41-33(43)13-27(17-47-19-29(51)15-37(55)56)39(49-41)59-11-9-35(45)53)5-3-7-31(23)32-8-4-6-26(24(32)2)22-62-42-34(44)14-28(18-48-20-30(52)16-38(57)58)40(50-42)60-12-10-36(46)54/h3-8,13-14,29-30,47-48,51-52H,9-12,15-22H2,1-2H3,(H2,45,53)(H2,46,54)(H,55,56)(H,57,58)/t29-,30-/m0/s1. The fraction of sp³-hybridized carbons (Fsp3) is 0.381. The number of carbonyl (C=O) groups excluding carboxylic acids is 2. The number of aromatic nitrogens is 2. The van der Waals surface area contributed by atoms with Crippen LogP contribution in [0.5, 0.6) is 23.5 Å². The molecule has 0 spiro atoms. The zero-order valence-electron chi connectivity index (χ0n) is 34.1. The van der Waals surface area contributed by atoms with Crippen molar-refractivity contribution in [3.63, 3.8) is 0 Å². The summed E-state index contributed by atoms with van der Waals surface area (Å²) in [6.45, 7) is 4.60. The van der Waals surface area contributed by atoms with Crippen LogP contribution >= 0.6 is 31.9 Å². The van der Waals surface area contributed by atoms with Crippen molar-refractivity contribution in [2.75, 3.05) is 26.3 Å². The highest BCUT2D eigenvalue weighted by Crippen LogP contribution is 2.35. The topological polar surface area (TPSA) is 288 Å². The minimum Gasteiger partial charge on any atom is -0.481 e. The second-order valence-electron chi connectivity index (χ2n) is 14.1. The van der Waals surface area contributed by atoms with E-state index in [0.29, 0.717) is 20.1 Å². The van der Waals surface area contributed by atoms with Crippen LogP contribution in [0.1, 0.15) is 59.1 Å². The van der Waals surface area contributed by atoms with E-state index in [4.69, 9.17) is 40.6 Å². The van der Waals surface area contributed by atoms with E-state index in [2.05, 4.69) is 52.5 Å². The number of ether oxygens (including phenoxy) is 4. The van der Waals surface area contributed by atoms with Gasteiger partial charge < -0.3 is 61.5 Å². The van der Waals surface area contributed by atoms with Crippen LogP contribution in [0.25, 0.3) is 11.1 Å². The highest BCUT2D eigenvalue weighted by Gasteiger charge is 2.19. The molecule has 4 rings (SSSR count). The first-order chi connectivity index (χ1) is 29.5. The normalized spacial score (nSPS) is 12.0. The molecule has 0 unspecified atom stereocenters. The molecular formula is C42H50Br2N6O12. The molecule has 0 aliphatic carbocycles. The number of halogens is 2. The molecule has 0 radical (unpaired) electrons. The van der Waals surface area contributed by atoms with E-state index in [1.807, 2.05) is 50.2 Å². The molecule has 0 aliphatic rings. The maximum absolute atomic E-state index is 11.4. The number of carbonyl (C=O) groups is 4. The monoisotopic (exact) mass is 988 g/mol. The zero-order valence-corrected chi connectivity index (χ0v) is 37.3. The first-order valence-electron chi connectivity index (χ1n) is 19.4. The summed E-state index contributed by atoms with van der Waals surface area (Å²) in [6.07, 6.45) is -3.10. The summed E-state index contributed by atoms with van der Waals surface area (Å²) in [7, 11) is 0. The highest BCUT2D eigenvalue weighted by atomic mass is 79.9. The Labute approximate surface area is 374 Å². The maximum atomic E-state index is 11.4. The number of amides is 2. The minimum absolute atomic E-state index is 0.0142. The number of carboxylic acid groups (broad SMARTS) is 2. The quantitative estimate of drug-likeness (QED) is 0.0422. The Morgan fingerprint density at radius 3 is 1.37 bits per heavy atom. The predicted molar refractivity (Wildman–Crippen MR) is 232 cm³/mol. The average molecular weight is 991 g/mol. The summed E-state index contributed by atoms with van der Waals surface area (Å²) < 4.78 is 25.0. The Morgan fingerprint density at radius 1 is 0.629 bits per heavy atom. The van der Waals surface area contributed by atoms with Crippen LogP contribution in [-0.4, -0.2) is 92.7 Å². The molecular weight excluding hydrogens is 940 g/mol. The van der Waals surface area contributed by atoms with Crippen LogP contribution in [0.2, 0.25) is 0 Å². The molecule has 2 atom stereocenters. The average Bonchev–Trinajstić information content (AvgIpc) is 3.18. The number of benzene rings is 2. The molecule has 0 fully saturated rings. The van der Waals surface area contributed by atoms with Crippen molar-refractivity contribution in [2.24, 2.45) is 11.5 Å². The fourth-order valence-corrected chi connectivity index (χ4v) is 7.00. The van der Waals surface area contributed by atoms with Crippen molar-refractivity contribution in [2.45, 2.75) is 78.0 Å². The lowest BCUT2D eigenvalue weighted by molar-refractivity contribution is -0.140. The molecule has 10 N–H and O–H groups in total. The van der Waals surface area contributed by atoms with Gasteiger partial charge in [0.2, 0.25) is 35.3 Å². The van der Waals surface area contributed by atoms with E-state index < -0.39 is 48.8 Å². The highest BCUT2D eigenvalue weighted by molar-refractivity contribution is 9.10. The van der Waals surface area contributed by atoms with Crippen molar-refractivity contribution in [3.8, 4) is 34.6 Å². The van der Waals surface area contributed by atoms with Crippen LogP contribution in [0, 0.1) is 13.8 Å². The lowest BCUT2D eigenvalue weighted by Gasteiger charge is -2.18. The number of rotatable bonds is 27. The number of aliphatic hydroxyl groups is 2. The van der Waals surface area contributed by atoms with Gasteiger partial charge >= 0.3 is 11.9 Å². The van der Waals surface area contributed by atoms with E-state index in [1.165, 1.54) is 0 Å². The fourth-order valence-electron chi connectivity index (χ4n) is 6.04. The zero-order chi connectivity index (χ0) is 45.3. The number of pyridine rings is 2. The van der Waals surface area contributed by atoms with E-state index in [0.717, 1.165) is 33.4 Å². The number of nitrogens with zero attached hydrogens (tertiary/aromatic N) is 2. The van der Waals surface area contributed by atoms with Crippen LogP contribution < -0.4 is 41.0 Å². The molecule has 4 aromatic rings. The van der Waals surface area contributed by atoms with Crippen molar-refractivity contribution in [1.29, 1.82) is 0 Å². The first kappa shape index (κ1) is 49.3. The van der Waals surface area contributed by atoms with Gasteiger partial charge in [0.15, 0.2) is 0 Å². The summed E-state index contributed by atoms with van der Waals surface area (Å²) in [5.41, 5.74) is 17.4. The lowest BCUT2D eigenvalue weighted by Crippen LogP contribution is -2.28. The number of nitrogens with one attached hydrogen (secondary N) is 2. The molecule has 18 nitrogen and oxygen atoms in total.